The molecule has 1 heterocycles. The van der Waals surface area contributed by atoms with Gasteiger partial charge in [-0.1, -0.05) is 43.3 Å². The summed E-state index contributed by atoms with van der Waals surface area (Å²) in [5.74, 6) is 0.559. The van der Waals surface area contributed by atoms with Gasteiger partial charge in [0.05, 0.1) is 10.9 Å². The number of aromatic nitrogens is 2. The summed E-state index contributed by atoms with van der Waals surface area (Å²) >= 11 is 2.04. The molecule has 0 saturated heterocycles. The van der Waals surface area contributed by atoms with Gasteiger partial charge in [0, 0.05) is 0 Å². The molecule has 1 aromatic heterocycles. The van der Waals surface area contributed by atoms with Gasteiger partial charge in [-0.2, -0.15) is 5.10 Å². The summed E-state index contributed by atoms with van der Waals surface area (Å²) < 4.78 is 21.1. The first-order valence-electron chi connectivity index (χ1n) is 8.79. The maximum absolute atomic E-state index is 14.6. The molecule has 3 aromatic carbocycles. The summed E-state index contributed by atoms with van der Waals surface area (Å²) in [6.07, 6.45) is 0.831. The summed E-state index contributed by atoms with van der Waals surface area (Å²) in [5.41, 5.74) is 4.80. The molecule has 0 radical (unpaired) electrons. The molecule has 0 aliphatic heterocycles. The molecule has 3 nitrogen and oxygen atoms in total. The monoisotopic (exact) mass is 472 g/mol. The lowest BCUT2D eigenvalue weighted by Crippen LogP contribution is -1.97. The van der Waals surface area contributed by atoms with E-state index in [1.807, 2.05) is 77.2 Å². The number of ether oxygens (including phenoxy) is 1. The molecule has 0 aliphatic rings. The van der Waals surface area contributed by atoms with Crippen molar-refractivity contribution in [1.82, 2.24) is 10.2 Å². The maximum Gasteiger partial charge on any atom is 0.135 e. The van der Waals surface area contributed by atoms with E-state index in [0.717, 1.165) is 34.4 Å². The van der Waals surface area contributed by atoms with Crippen molar-refractivity contribution in [2.75, 3.05) is 0 Å². The van der Waals surface area contributed by atoms with E-state index in [4.69, 9.17) is 4.74 Å². The van der Waals surface area contributed by atoms with Crippen molar-refractivity contribution >= 4 is 33.5 Å². The standard InChI is InChI=1S/C22H18FIN2O/c1-2-15-10-17(27-13-14-6-4-3-5-7-14)8-9-18(15)16-11-19(23)21-20(12-16)25-26-22(21)24/h3-12H,2,13H2,1H3,(H,25,26). The van der Waals surface area contributed by atoms with Gasteiger partial charge < -0.3 is 4.74 Å². The van der Waals surface area contributed by atoms with Crippen molar-refractivity contribution in [2.24, 2.45) is 0 Å². The van der Waals surface area contributed by atoms with E-state index in [-0.39, 0.29) is 5.82 Å². The highest BCUT2D eigenvalue weighted by molar-refractivity contribution is 14.1. The van der Waals surface area contributed by atoms with Gasteiger partial charge in [-0.25, -0.2) is 4.39 Å². The van der Waals surface area contributed by atoms with Crippen LogP contribution in [-0.2, 0) is 13.0 Å². The van der Waals surface area contributed by atoms with E-state index in [0.29, 0.717) is 21.2 Å². The number of nitrogens with one attached hydrogen (secondary N) is 1. The largest absolute Gasteiger partial charge is 0.489 e. The summed E-state index contributed by atoms with van der Waals surface area (Å²) in [4.78, 5) is 0. The van der Waals surface area contributed by atoms with Gasteiger partial charge in [-0.05, 0) is 75.5 Å². The van der Waals surface area contributed by atoms with Crippen molar-refractivity contribution in [3.05, 3.63) is 81.3 Å². The van der Waals surface area contributed by atoms with Crippen LogP contribution in [0.1, 0.15) is 18.1 Å². The Morgan fingerprint density at radius 1 is 1.07 bits per heavy atom. The Kier molecular flexibility index (Phi) is 5.11. The first-order chi connectivity index (χ1) is 13.2. The van der Waals surface area contributed by atoms with Crippen LogP contribution in [-0.4, -0.2) is 10.2 Å². The number of hydrogen-bond acceptors (Lipinski definition) is 2. The van der Waals surface area contributed by atoms with Crippen LogP contribution in [0.15, 0.2) is 60.7 Å². The quantitative estimate of drug-likeness (QED) is 0.356. The van der Waals surface area contributed by atoms with Crippen molar-refractivity contribution in [1.29, 1.82) is 0 Å². The molecule has 0 saturated carbocycles. The second-order valence-corrected chi connectivity index (χ2v) is 7.36. The molecule has 0 amide bonds. The van der Waals surface area contributed by atoms with Crippen LogP contribution in [0.3, 0.4) is 0 Å². The number of fused-ring (bicyclic) bond motifs is 1. The Morgan fingerprint density at radius 3 is 2.67 bits per heavy atom. The fourth-order valence-electron chi connectivity index (χ4n) is 3.20. The van der Waals surface area contributed by atoms with Crippen LogP contribution in [0.2, 0.25) is 0 Å². The van der Waals surface area contributed by atoms with Crippen LogP contribution < -0.4 is 4.74 Å². The zero-order valence-corrected chi connectivity index (χ0v) is 17.0. The number of aromatic amines is 1. The molecule has 27 heavy (non-hydrogen) atoms. The molecular weight excluding hydrogens is 454 g/mol. The van der Waals surface area contributed by atoms with Crippen molar-refractivity contribution in [3.8, 4) is 16.9 Å². The van der Waals surface area contributed by atoms with Crippen molar-refractivity contribution < 1.29 is 9.13 Å². The Balaban J connectivity index is 1.65. The van der Waals surface area contributed by atoms with E-state index < -0.39 is 0 Å². The van der Waals surface area contributed by atoms with Gasteiger partial charge in [-0.15, -0.1) is 0 Å². The Bertz CT molecular complexity index is 1090. The first-order valence-corrected chi connectivity index (χ1v) is 9.86. The summed E-state index contributed by atoms with van der Waals surface area (Å²) in [6.45, 7) is 2.62. The van der Waals surface area contributed by atoms with Crippen LogP contribution in [0, 0.1) is 9.52 Å². The van der Waals surface area contributed by atoms with Crippen LogP contribution in [0.5, 0.6) is 5.75 Å². The number of halogens is 2. The molecule has 0 atom stereocenters. The normalized spacial score (nSPS) is 11.1. The van der Waals surface area contributed by atoms with Gasteiger partial charge in [0.1, 0.15) is 21.9 Å². The Hall–Kier alpha value is -2.41. The Labute approximate surface area is 170 Å². The molecule has 1 N–H and O–H groups in total. The first kappa shape index (κ1) is 18.0. The molecule has 5 heteroatoms. The highest BCUT2D eigenvalue weighted by Gasteiger charge is 2.13. The van der Waals surface area contributed by atoms with Crippen molar-refractivity contribution in [3.63, 3.8) is 0 Å². The molecule has 4 aromatic rings. The number of hydrogen-bond donors (Lipinski definition) is 1. The average molecular weight is 472 g/mol. The van der Waals surface area contributed by atoms with Gasteiger partial charge in [0.2, 0.25) is 0 Å². The molecule has 4 rings (SSSR count). The van der Waals surface area contributed by atoms with Gasteiger partial charge in [-0.3, -0.25) is 5.10 Å². The molecule has 0 fully saturated rings. The lowest BCUT2D eigenvalue weighted by molar-refractivity contribution is 0.306. The molecule has 0 bridgehead atoms. The minimum absolute atomic E-state index is 0.257. The fourth-order valence-corrected chi connectivity index (χ4v) is 3.87. The highest BCUT2D eigenvalue weighted by atomic mass is 127. The number of rotatable bonds is 5. The van der Waals surface area contributed by atoms with E-state index >= 15 is 0 Å². The molecule has 0 aliphatic carbocycles. The van der Waals surface area contributed by atoms with Crippen molar-refractivity contribution in [2.45, 2.75) is 20.0 Å². The van der Waals surface area contributed by atoms with E-state index in [1.54, 1.807) is 6.07 Å². The molecule has 136 valence electrons. The van der Waals surface area contributed by atoms with Gasteiger partial charge >= 0.3 is 0 Å². The van der Waals surface area contributed by atoms with Gasteiger partial charge in [0.25, 0.3) is 0 Å². The summed E-state index contributed by atoms with van der Waals surface area (Å²) in [5, 5.41) is 7.55. The number of nitrogens with zero attached hydrogens (tertiary/aromatic N) is 1. The molecule has 0 unspecified atom stereocenters. The lowest BCUT2D eigenvalue weighted by Gasteiger charge is -2.12. The zero-order valence-electron chi connectivity index (χ0n) is 14.8. The minimum atomic E-state index is -0.257. The smallest absolute Gasteiger partial charge is 0.135 e. The topological polar surface area (TPSA) is 37.9 Å². The SMILES string of the molecule is CCc1cc(OCc2ccccc2)ccc1-c1cc(F)c2c(I)n[nH]c2c1. The average Bonchev–Trinajstić information content (AvgIpc) is 3.08. The number of H-pyrrole nitrogens is 1. The van der Waals surface area contributed by atoms with Crippen LogP contribution >= 0.6 is 22.6 Å². The van der Waals surface area contributed by atoms with Crippen LogP contribution in [0.4, 0.5) is 4.39 Å². The van der Waals surface area contributed by atoms with E-state index in [9.17, 15) is 4.39 Å². The maximum atomic E-state index is 14.6. The Morgan fingerprint density at radius 2 is 1.89 bits per heavy atom. The molecular formula is C22H18FIN2O. The number of benzene rings is 3. The predicted molar refractivity (Wildman–Crippen MR) is 114 cm³/mol. The second-order valence-electron chi connectivity index (χ2n) is 6.34. The third-order valence-electron chi connectivity index (χ3n) is 4.59. The second kappa shape index (κ2) is 7.68. The minimum Gasteiger partial charge on any atom is -0.489 e. The third-order valence-corrected chi connectivity index (χ3v) is 5.37. The van der Waals surface area contributed by atoms with E-state index in [1.165, 1.54) is 0 Å². The highest BCUT2D eigenvalue weighted by Crippen LogP contribution is 2.32. The zero-order chi connectivity index (χ0) is 18.8. The van der Waals surface area contributed by atoms with E-state index in [2.05, 4.69) is 17.1 Å². The van der Waals surface area contributed by atoms with Crippen LogP contribution in [0.25, 0.3) is 22.0 Å². The fraction of sp³-hybridized carbons (Fsp3) is 0.136. The predicted octanol–water partition coefficient (Wildman–Crippen LogP) is 6.12. The molecule has 0 spiro atoms. The third kappa shape index (κ3) is 3.69. The number of aryl methyl sites for hydroxylation is 1. The summed E-state index contributed by atoms with van der Waals surface area (Å²) in [7, 11) is 0. The van der Waals surface area contributed by atoms with Gasteiger partial charge in [0.15, 0.2) is 0 Å². The lowest BCUT2D eigenvalue weighted by atomic mass is 9.97. The summed E-state index contributed by atoms with van der Waals surface area (Å²) in [6, 6.07) is 19.6.